The lowest BCUT2D eigenvalue weighted by Crippen LogP contribution is -2.44. The highest BCUT2D eigenvalue weighted by Gasteiger charge is 2.56. The van der Waals surface area contributed by atoms with Gasteiger partial charge in [0.25, 0.3) is 0 Å². The van der Waals surface area contributed by atoms with Crippen molar-refractivity contribution in [3.05, 3.63) is 12.7 Å². The molecule has 0 saturated carbocycles. The number of amides is 2. The molecule has 2 aromatic heterocycles. The van der Waals surface area contributed by atoms with Crippen LogP contribution in [0.1, 0.15) is 61.6 Å². The fraction of sp³-hybridized carbons (Fsp3) is 0.696. The summed E-state index contributed by atoms with van der Waals surface area (Å²) in [4.78, 5) is 39.8. The molecule has 2 aliphatic rings. The van der Waals surface area contributed by atoms with Crippen LogP contribution in [-0.2, 0) is 23.7 Å². The molecule has 0 bridgehead atoms. The van der Waals surface area contributed by atoms with E-state index in [4.69, 9.17) is 23.7 Å². The van der Waals surface area contributed by atoms with E-state index in [2.05, 4.69) is 15.0 Å². The second-order valence-electron chi connectivity index (χ2n) is 11.1. The summed E-state index contributed by atoms with van der Waals surface area (Å²) in [6, 6.07) is 0. The Kier molecular flexibility index (Phi) is 6.48. The minimum absolute atomic E-state index is 0.112. The monoisotopic (exact) mass is 507 g/mol. The molecule has 2 fully saturated rings. The van der Waals surface area contributed by atoms with Crippen molar-refractivity contribution in [3.8, 4) is 0 Å². The number of hydrogen-bond donors (Lipinski definition) is 1. The Bertz CT molecular complexity index is 1120. The minimum Gasteiger partial charge on any atom is -0.443 e. The highest BCUT2D eigenvalue weighted by Crippen LogP contribution is 2.43. The Hall–Kier alpha value is -2.87. The van der Waals surface area contributed by atoms with E-state index in [1.807, 2.05) is 0 Å². The van der Waals surface area contributed by atoms with E-state index in [1.54, 1.807) is 60.0 Å². The second kappa shape index (κ2) is 8.91. The molecule has 0 radical (unpaired) electrons. The van der Waals surface area contributed by atoms with Crippen molar-refractivity contribution >= 4 is 29.2 Å². The molecule has 198 valence electrons. The molecule has 1 N–H and O–H groups in total. The number of carbonyl (C=O) groups is 2. The van der Waals surface area contributed by atoms with Gasteiger partial charge in [-0.25, -0.2) is 24.5 Å². The van der Waals surface area contributed by atoms with E-state index in [9.17, 15) is 14.7 Å². The van der Waals surface area contributed by atoms with E-state index in [-0.39, 0.29) is 23.6 Å². The normalized spacial score (nSPS) is 25.6. The fourth-order valence-corrected chi connectivity index (χ4v) is 4.08. The van der Waals surface area contributed by atoms with Gasteiger partial charge in [0, 0.05) is 0 Å². The zero-order valence-corrected chi connectivity index (χ0v) is 21.7. The van der Waals surface area contributed by atoms with Crippen LogP contribution in [0.5, 0.6) is 0 Å². The van der Waals surface area contributed by atoms with Crippen LogP contribution < -0.4 is 4.90 Å². The molecular weight excluding hydrogens is 474 g/mol. The number of carbonyl (C=O) groups excluding carboxylic acids is 2. The molecule has 2 aliphatic heterocycles. The predicted octanol–water partition coefficient (Wildman–Crippen LogP) is 2.91. The topological polar surface area (TPSA) is 147 Å². The van der Waals surface area contributed by atoms with Gasteiger partial charge in [-0.15, -0.1) is 0 Å². The van der Waals surface area contributed by atoms with E-state index in [0.29, 0.717) is 4.90 Å². The molecule has 0 aromatic carbocycles. The first-order valence-electron chi connectivity index (χ1n) is 11.7. The van der Waals surface area contributed by atoms with E-state index >= 15 is 0 Å². The van der Waals surface area contributed by atoms with Crippen molar-refractivity contribution in [1.29, 1.82) is 0 Å². The summed E-state index contributed by atoms with van der Waals surface area (Å²) in [6.07, 6.45) is -1.73. The minimum atomic E-state index is -0.974. The highest BCUT2D eigenvalue weighted by molar-refractivity contribution is 6.12. The SMILES string of the molecule is CC(C)(C)OC(=O)N(C(=O)OC(C)(C)C)c1ncnc2c1ncn2[C@@H]1O[C@H](CO)[C@H]2OC(C)(C)O[C@H]21. The third kappa shape index (κ3) is 5.14. The number of rotatable bonds is 3. The van der Waals surface area contributed by atoms with Gasteiger partial charge in [-0.2, -0.15) is 4.90 Å². The van der Waals surface area contributed by atoms with Crippen molar-refractivity contribution in [1.82, 2.24) is 19.5 Å². The second-order valence-corrected chi connectivity index (χ2v) is 11.1. The van der Waals surface area contributed by atoms with Gasteiger partial charge in [-0.1, -0.05) is 0 Å². The lowest BCUT2D eigenvalue weighted by atomic mass is 10.1. The molecule has 0 aliphatic carbocycles. The molecule has 2 saturated heterocycles. The molecule has 4 heterocycles. The molecule has 2 aromatic rings. The zero-order chi connectivity index (χ0) is 26.6. The summed E-state index contributed by atoms with van der Waals surface area (Å²) in [7, 11) is 0. The summed E-state index contributed by atoms with van der Waals surface area (Å²) < 4.78 is 30.5. The van der Waals surface area contributed by atoms with Crippen molar-refractivity contribution < 1.29 is 38.4 Å². The van der Waals surface area contributed by atoms with Crippen molar-refractivity contribution in [2.75, 3.05) is 11.5 Å². The first kappa shape index (κ1) is 26.2. The Morgan fingerprint density at radius 2 is 1.61 bits per heavy atom. The number of aliphatic hydroxyl groups is 1. The summed E-state index contributed by atoms with van der Waals surface area (Å²) in [6.45, 7) is 13.4. The van der Waals surface area contributed by atoms with Gasteiger partial charge in [0.1, 0.15) is 35.8 Å². The molecule has 0 spiro atoms. The fourth-order valence-electron chi connectivity index (χ4n) is 4.08. The van der Waals surface area contributed by atoms with E-state index < -0.39 is 53.7 Å². The Balaban J connectivity index is 1.76. The summed E-state index contributed by atoms with van der Waals surface area (Å²) in [5.74, 6) is -0.981. The van der Waals surface area contributed by atoms with Crippen LogP contribution in [0.15, 0.2) is 12.7 Å². The third-order valence-corrected chi connectivity index (χ3v) is 5.28. The maximum absolute atomic E-state index is 13.1. The maximum Gasteiger partial charge on any atom is 0.425 e. The quantitative estimate of drug-likeness (QED) is 0.654. The number of hydrogen-bond acceptors (Lipinski definition) is 11. The number of anilines is 1. The third-order valence-electron chi connectivity index (χ3n) is 5.28. The number of imide groups is 1. The van der Waals surface area contributed by atoms with Crippen molar-refractivity contribution in [2.45, 2.75) is 96.9 Å². The van der Waals surface area contributed by atoms with Gasteiger partial charge in [-0.3, -0.25) is 4.57 Å². The maximum atomic E-state index is 13.1. The van der Waals surface area contributed by atoms with Crippen LogP contribution in [0.3, 0.4) is 0 Å². The average Bonchev–Trinajstić information content (AvgIpc) is 3.36. The van der Waals surface area contributed by atoms with Crippen molar-refractivity contribution in [2.24, 2.45) is 0 Å². The van der Waals surface area contributed by atoms with Crippen LogP contribution in [0.2, 0.25) is 0 Å². The zero-order valence-electron chi connectivity index (χ0n) is 21.7. The largest absolute Gasteiger partial charge is 0.443 e. The summed E-state index contributed by atoms with van der Waals surface area (Å²) in [5, 5.41) is 9.82. The standard InChI is InChI=1S/C23H33N5O8/c1-21(2,3)35-19(30)28(20(31)36-22(4,5)6)17-13-16(24-10-25-17)27(11-26-13)18-15-14(12(9-29)32-18)33-23(7,8)34-15/h10-12,14-15,18,29H,9H2,1-8H3/t12-,14-,15-,18-/m1/s1. The number of nitrogens with zero attached hydrogens (tertiary/aromatic N) is 5. The number of imidazole rings is 1. The lowest BCUT2D eigenvalue weighted by molar-refractivity contribution is -0.199. The van der Waals surface area contributed by atoms with Crippen LogP contribution in [0.25, 0.3) is 11.2 Å². The van der Waals surface area contributed by atoms with Gasteiger partial charge in [0.2, 0.25) is 0 Å². The predicted molar refractivity (Wildman–Crippen MR) is 125 cm³/mol. The van der Waals surface area contributed by atoms with Gasteiger partial charge in [0.05, 0.1) is 12.9 Å². The van der Waals surface area contributed by atoms with Crippen LogP contribution in [-0.4, -0.2) is 78.7 Å². The van der Waals surface area contributed by atoms with Gasteiger partial charge in [-0.05, 0) is 55.4 Å². The molecule has 2 amide bonds. The molecular formula is C23H33N5O8. The van der Waals surface area contributed by atoms with E-state index in [1.165, 1.54) is 12.7 Å². The number of aromatic nitrogens is 4. The van der Waals surface area contributed by atoms with Crippen LogP contribution in [0, 0.1) is 0 Å². The molecule has 4 atom stereocenters. The first-order chi connectivity index (χ1) is 16.6. The lowest BCUT2D eigenvalue weighted by Gasteiger charge is -2.28. The number of ether oxygens (including phenoxy) is 5. The molecule has 13 nitrogen and oxygen atoms in total. The van der Waals surface area contributed by atoms with Gasteiger partial charge >= 0.3 is 12.2 Å². The number of aliphatic hydroxyl groups excluding tert-OH is 1. The highest BCUT2D eigenvalue weighted by atomic mass is 16.8. The summed E-state index contributed by atoms with van der Waals surface area (Å²) >= 11 is 0. The smallest absolute Gasteiger partial charge is 0.425 e. The first-order valence-corrected chi connectivity index (χ1v) is 11.7. The Labute approximate surface area is 208 Å². The van der Waals surface area contributed by atoms with Gasteiger partial charge in [0.15, 0.2) is 29.0 Å². The molecule has 4 rings (SSSR count). The van der Waals surface area contributed by atoms with Crippen LogP contribution in [0.4, 0.5) is 15.4 Å². The van der Waals surface area contributed by atoms with Crippen LogP contribution >= 0.6 is 0 Å². The molecule has 36 heavy (non-hydrogen) atoms. The molecule has 13 heteroatoms. The Morgan fingerprint density at radius 3 is 2.17 bits per heavy atom. The average molecular weight is 508 g/mol. The summed E-state index contributed by atoms with van der Waals surface area (Å²) in [5.41, 5.74) is -1.36. The van der Waals surface area contributed by atoms with Crippen molar-refractivity contribution in [3.63, 3.8) is 0 Å². The number of fused-ring (bicyclic) bond motifs is 2. The molecule has 0 unspecified atom stereocenters. The Morgan fingerprint density at radius 1 is 1.03 bits per heavy atom. The van der Waals surface area contributed by atoms with Gasteiger partial charge < -0.3 is 28.8 Å². The van der Waals surface area contributed by atoms with E-state index in [0.717, 1.165) is 0 Å².